The van der Waals surface area contributed by atoms with Crippen molar-refractivity contribution in [2.45, 2.75) is 0 Å². The van der Waals surface area contributed by atoms with Crippen LogP contribution in [0.2, 0.25) is 0 Å². The molecule has 0 spiro atoms. The van der Waals surface area contributed by atoms with Gasteiger partial charge < -0.3 is 0 Å². The van der Waals surface area contributed by atoms with E-state index in [4.69, 9.17) is 11.0 Å². The summed E-state index contributed by atoms with van der Waals surface area (Å²) in [6, 6.07) is 10.7. The van der Waals surface area contributed by atoms with E-state index < -0.39 is 12.1 Å². The number of hydrogen-bond acceptors (Lipinski definition) is 0. The standard InChI is InChI=1S/C24H15Br/c25-24-22-10-4-2-7-17(22)14-18-12-13-19(15-23(18)24)21-11-5-8-16-6-1-3-9-20(16)21/h1-15H/i2D,4D,7D,10D,12D,13D,14D,15D. The molecule has 0 bridgehead atoms. The molecule has 5 aromatic rings. The van der Waals surface area contributed by atoms with Gasteiger partial charge in [0.1, 0.15) is 0 Å². The Morgan fingerprint density at radius 2 is 1.44 bits per heavy atom. The smallest absolute Gasteiger partial charge is 0.0616 e. The summed E-state index contributed by atoms with van der Waals surface area (Å²) in [6.07, 6.45) is 0. The highest BCUT2D eigenvalue weighted by Gasteiger charge is 2.08. The molecule has 5 aromatic carbocycles. The van der Waals surface area contributed by atoms with E-state index in [1.165, 1.54) is 0 Å². The van der Waals surface area contributed by atoms with Crippen molar-refractivity contribution in [1.29, 1.82) is 0 Å². The Morgan fingerprint density at radius 3 is 2.40 bits per heavy atom. The summed E-state index contributed by atoms with van der Waals surface area (Å²) < 4.78 is 68.1. The third-order valence-corrected chi connectivity index (χ3v) is 5.04. The predicted molar refractivity (Wildman–Crippen MR) is 112 cm³/mol. The van der Waals surface area contributed by atoms with Crippen molar-refractivity contribution in [1.82, 2.24) is 0 Å². The molecule has 0 radical (unpaired) electrons. The molecule has 0 aromatic heterocycles. The second kappa shape index (κ2) is 5.72. The second-order valence-electron chi connectivity index (χ2n) is 5.72. The zero-order valence-electron chi connectivity index (χ0n) is 20.9. The number of halogens is 1. The highest BCUT2D eigenvalue weighted by atomic mass is 79.9. The van der Waals surface area contributed by atoms with Crippen LogP contribution in [-0.2, 0) is 0 Å². The molecule has 0 nitrogen and oxygen atoms in total. The maximum Gasteiger partial charge on any atom is 0.0636 e. The van der Waals surface area contributed by atoms with Gasteiger partial charge in [0, 0.05) is 4.47 Å². The topological polar surface area (TPSA) is 0 Å². The number of benzene rings is 5. The maximum absolute atomic E-state index is 9.01. The zero-order chi connectivity index (χ0) is 23.8. The van der Waals surface area contributed by atoms with Gasteiger partial charge in [-0.05, 0) is 71.5 Å². The number of rotatable bonds is 1. The van der Waals surface area contributed by atoms with Crippen LogP contribution in [0, 0.1) is 0 Å². The fourth-order valence-electron chi connectivity index (χ4n) is 3.06. The fourth-order valence-corrected chi connectivity index (χ4v) is 3.66. The highest BCUT2D eigenvalue weighted by molar-refractivity contribution is 9.10. The predicted octanol–water partition coefficient (Wildman–Crippen LogP) is 7.58. The summed E-state index contributed by atoms with van der Waals surface area (Å²) in [5.41, 5.74) is 0.858. The molecule has 0 amide bonds. The SMILES string of the molecule is [2H]c1c([2H])c([2H])c2c(Br)c3c([2H])c(-c4cccc5ccccc45)c([2H])c([2H])c3c([2H])c2c1[2H]. The summed E-state index contributed by atoms with van der Waals surface area (Å²) in [6.45, 7) is 0. The van der Waals surface area contributed by atoms with E-state index in [2.05, 4.69) is 15.9 Å². The van der Waals surface area contributed by atoms with Crippen LogP contribution in [0.25, 0.3) is 43.4 Å². The van der Waals surface area contributed by atoms with Gasteiger partial charge in [0.15, 0.2) is 0 Å². The Labute approximate surface area is 166 Å². The second-order valence-corrected chi connectivity index (χ2v) is 6.51. The van der Waals surface area contributed by atoms with E-state index in [0.29, 0.717) is 5.56 Å². The lowest BCUT2D eigenvalue weighted by Crippen LogP contribution is -1.84. The lowest BCUT2D eigenvalue weighted by atomic mass is 9.95. The molecule has 0 saturated carbocycles. The van der Waals surface area contributed by atoms with Gasteiger partial charge in [0.2, 0.25) is 0 Å². The van der Waals surface area contributed by atoms with Crippen molar-refractivity contribution in [3.05, 3.63) is 95.3 Å². The average molecular weight is 391 g/mol. The molecule has 118 valence electrons. The summed E-state index contributed by atoms with van der Waals surface area (Å²) in [5, 5.41) is 2.00. The minimum Gasteiger partial charge on any atom is -0.0616 e. The molecule has 0 aliphatic rings. The van der Waals surface area contributed by atoms with Crippen LogP contribution in [0.5, 0.6) is 0 Å². The molecule has 0 aliphatic heterocycles. The first-order valence-electron chi connectivity index (χ1n) is 11.8. The average Bonchev–Trinajstić information content (AvgIpc) is 2.81. The Balaban J connectivity index is 2.05. The quantitative estimate of drug-likeness (QED) is 0.258. The molecule has 0 aliphatic carbocycles. The first kappa shape index (κ1) is 8.64. The molecule has 5 rings (SSSR count). The van der Waals surface area contributed by atoms with Crippen molar-refractivity contribution in [2.24, 2.45) is 0 Å². The molecule has 0 saturated heterocycles. The van der Waals surface area contributed by atoms with Gasteiger partial charge in [-0.3, -0.25) is 0 Å². The minimum atomic E-state index is -0.469. The Hall–Kier alpha value is -2.64. The molecule has 0 heterocycles. The van der Waals surface area contributed by atoms with Crippen LogP contribution < -0.4 is 0 Å². The highest BCUT2D eigenvalue weighted by Crippen LogP contribution is 2.36. The van der Waals surface area contributed by atoms with E-state index in [1.54, 1.807) is 6.07 Å². The lowest BCUT2D eigenvalue weighted by molar-refractivity contribution is 1.68. The zero-order valence-corrected chi connectivity index (χ0v) is 14.5. The molecule has 0 fully saturated rings. The third kappa shape index (κ3) is 2.35. The van der Waals surface area contributed by atoms with E-state index in [1.807, 2.05) is 36.4 Å². The third-order valence-electron chi connectivity index (χ3n) is 4.25. The van der Waals surface area contributed by atoms with Crippen molar-refractivity contribution in [2.75, 3.05) is 0 Å². The van der Waals surface area contributed by atoms with Crippen LogP contribution in [0.1, 0.15) is 11.0 Å². The van der Waals surface area contributed by atoms with Crippen LogP contribution in [-0.4, -0.2) is 0 Å². The van der Waals surface area contributed by atoms with Gasteiger partial charge in [-0.2, -0.15) is 0 Å². The first-order chi connectivity index (χ1) is 15.7. The summed E-state index contributed by atoms with van der Waals surface area (Å²) in [5.74, 6) is 0. The summed E-state index contributed by atoms with van der Waals surface area (Å²) in [7, 11) is 0. The summed E-state index contributed by atoms with van der Waals surface area (Å²) in [4.78, 5) is 0. The van der Waals surface area contributed by atoms with Gasteiger partial charge in [0.05, 0.1) is 11.0 Å². The van der Waals surface area contributed by atoms with Crippen molar-refractivity contribution in [3.8, 4) is 11.1 Å². The Bertz CT molecular complexity index is 1650. The summed E-state index contributed by atoms with van der Waals surface area (Å²) >= 11 is 3.43. The van der Waals surface area contributed by atoms with E-state index in [9.17, 15) is 0 Å². The van der Waals surface area contributed by atoms with E-state index in [0.717, 1.165) is 10.8 Å². The number of hydrogen-bond donors (Lipinski definition) is 0. The van der Waals surface area contributed by atoms with Crippen LogP contribution in [0.3, 0.4) is 0 Å². The molecular formula is C24H15Br. The molecule has 1 heteroatoms. The lowest BCUT2D eigenvalue weighted by Gasteiger charge is -2.11. The molecule has 25 heavy (non-hydrogen) atoms. The van der Waals surface area contributed by atoms with Gasteiger partial charge in [0.25, 0.3) is 0 Å². The Morgan fingerprint density at radius 1 is 0.640 bits per heavy atom. The Kier molecular flexibility index (Phi) is 1.98. The molecular weight excluding hydrogens is 368 g/mol. The van der Waals surface area contributed by atoms with Crippen LogP contribution >= 0.6 is 15.9 Å². The minimum absolute atomic E-state index is 0.0124. The monoisotopic (exact) mass is 390 g/mol. The van der Waals surface area contributed by atoms with Gasteiger partial charge in [-0.15, -0.1) is 0 Å². The van der Waals surface area contributed by atoms with Gasteiger partial charge in [-0.1, -0.05) is 78.7 Å². The van der Waals surface area contributed by atoms with Crippen molar-refractivity contribution >= 4 is 48.2 Å². The first-order valence-corrected chi connectivity index (χ1v) is 8.55. The molecule has 0 unspecified atom stereocenters. The van der Waals surface area contributed by atoms with Gasteiger partial charge >= 0.3 is 0 Å². The number of fused-ring (bicyclic) bond motifs is 3. The van der Waals surface area contributed by atoms with Crippen LogP contribution in [0.15, 0.2) is 95.3 Å². The molecule has 0 N–H and O–H groups in total. The van der Waals surface area contributed by atoms with Crippen LogP contribution in [0.4, 0.5) is 0 Å². The fraction of sp³-hybridized carbons (Fsp3) is 0. The van der Waals surface area contributed by atoms with Gasteiger partial charge in [-0.25, -0.2) is 0 Å². The van der Waals surface area contributed by atoms with E-state index >= 15 is 0 Å². The van der Waals surface area contributed by atoms with Crippen molar-refractivity contribution in [3.63, 3.8) is 0 Å². The van der Waals surface area contributed by atoms with E-state index in [-0.39, 0.29) is 67.8 Å². The van der Waals surface area contributed by atoms with Crippen molar-refractivity contribution < 1.29 is 11.0 Å². The maximum atomic E-state index is 9.01. The largest absolute Gasteiger partial charge is 0.0636 e. The normalized spacial score (nSPS) is 15.9. The molecule has 0 atom stereocenters.